The summed E-state index contributed by atoms with van der Waals surface area (Å²) in [6.07, 6.45) is 0. The minimum atomic E-state index is 1.12. The second-order valence-corrected chi connectivity index (χ2v) is 7.41. The number of nitrogens with one attached hydrogen (secondary N) is 1. The molecule has 3 aromatic carbocycles. The molecule has 0 spiro atoms. The molecule has 1 fully saturated rings. The van der Waals surface area contributed by atoms with Crippen LogP contribution in [0.3, 0.4) is 0 Å². The molecule has 0 amide bonds. The molecule has 4 rings (SSSR count). The van der Waals surface area contributed by atoms with E-state index in [9.17, 15) is 0 Å². The van der Waals surface area contributed by atoms with E-state index in [1.54, 1.807) is 0 Å². The highest BCUT2D eigenvalue weighted by Crippen LogP contribution is 2.31. The molecule has 126 valence electrons. The van der Waals surface area contributed by atoms with Crippen molar-refractivity contribution in [1.29, 1.82) is 0 Å². The van der Waals surface area contributed by atoms with Gasteiger partial charge in [0.1, 0.15) is 0 Å². The summed E-state index contributed by atoms with van der Waals surface area (Å²) in [7, 11) is 0. The normalized spacial score (nSPS) is 14.3. The summed E-state index contributed by atoms with van der Waals surface area (Å²) < 4.78 is 0. The first-order chi connectivity index (χ1) is 12.4. The number of nitrogens with zero attached hydrogens (tertiary/aromatic N) is 1. The van der Waals surface area contributed by atoms with Crippen LogP contribution < -0.4 is 10.2 Å². The molecule has 0 saturated carbocycles. The van der Waals surface area contributed by atoms with Crippen LogP contribution in [0, 0.1) is 0 Å². The lowest BCUT2D eigenvalue weighted by atomic mass is 10.1. The molecule has 3 heteroatoms. The second kappa shape index (κ2) is 7.66. The van der Waals surface area contributed by atoms with E-state index >= 15 is 0 Å². The Morgan fingerprint density at radius 1 is 0.680 bits per heavy atom. The quantitative estimate of drug-likeness (QED) is 0.657. The van der Waals surface area contributed by atoms with Crippen LogP contribution in [-0.2, 0) is 0 Å². The highest BCUT2D eigenvalue weighted by atomic mass is 32.2. The van der Waals surface area contributed by atoms with Crippen LogP contribution in [-0.4, -0.2) is 24.6 Å². The largest absolute Gasteiger partial charge is 0.368 e. The van der Waals surface area contributed by atoms with Crippen molar-refractivity contribution in [3.63, 3.8) is 0 Å². The average Bonchev–Trinajstić information content (AvgIpc) is 2.70. The Bertz CT molecular complexity index is 809. The van der Waals surface area contributed by atoms with Gasteiger partial charge in [0.05, 0.1) is 11.4 Å². The third-order valence-electron chi connectivity index (χ3n) is 4.53. The fourth-order valence-corrected chi connectivity index (χ4v) is 4.09. The van der Waals surface area contributed by atoms with Gasteiger partial charge in [-0.05, 0) is 35.4 Å². The smallest absolute Gasteiger partial charge is 0.0622 e. The summed E-state index contributed by atoms with van der Waals surface area (Å²) in [4.78, 5) is 2.48. The first kappa shape index (κ1) is 16.1. The Kier molecular flexibility index (Phi) is 4.93. The lowest BCUT2D eigenvalue weighted by Gasteiger charge is -2.30. The number of hydrogen-bond acceptors (Lipinski definition) is 3. The van der Waals surface area contributed by atoms with E-state index in [2.05, 4.69) is 89.1 Å². The Labute approximate surface area is 153 Å². The zero-order valence-electron chi connectivity index (χ0n) is 14.2. The fourth-order valence-electron chi connectivity index (χ4n) is 3.19. The van der Waals surface area contributed by atoms with Gasteiger partial charge in [-0.2, -0.15) is 11.8 Å². The standard InChI is InChI=1S/C22H22N2S/c1-2-6-18(7-3-1)19-10-12-20(13-11-19)23-21-8-4-5-9-22(21)24-14-16-25-17-15-24/h1-13,23H,14-17H2. The van der Waals surface area contributed by atoms with Gasteiger partial charge in [-0.3, -0.25) is 0 Å². The van der Waals surface area contributed by atoms with Gasteiger partial charge >= 0.3 is 0 Å². The minimum absolute atomic E-state index is 1.12. The molecular formula is C22H22N2S. The van der Waals surface area contributed by atoms with E-state index in [0.29, 0.717) is 0 Å². The third kappa shape index (κ3) is 3.83. The zero-order chi connectivity index (χ0) is 16.9. The lowest BCUT2D eigenvalue weighted by molar-refractivity contribution is 0.860. The number of benzene rings is 3. The van der Waals surface area contributed by atoms with Gasteiger partial charge in [0.15, 0.2) is 0 Å². The maximum Gasteiger partial charge on any atom is 0.0622 e. The highest BCUT2D eigenvalue weighted by molar-refractivity contribution is 7.99. The summed E-state index contributed by atoms with van der Waals surface area (Å²) >= 11 is 2.04. The van der Waals surface area contributed by atoms with Crippen LogP contribution in [0.25, 0.3) is 11.1 Å². The van der Waals surface area contributed by atoms with E-state index in [0.717, 1.165) is 18.8 Å². The van der Waals surface area contributed by atoms with Crippen LogP contribution in [0.1, 0.15) is 0 Å². The molecule has 0 aromatic heterocycles. The van der Waals surface area contributed by atoms with Crippen molar-refractivity contribution < 1.29 is 0 Å². The van der Waals surface area contributed by atoms with Gasteiger partial charge < -0.3 is 10.2 Å². The summed E-state index contributed by atoms with van der Waals surface area (Å²) in [5.74, 6) is 2.42. The predicted octanol–water partition coefficient (Wildman–Crippen LogP) is 5.65. The molecule has 0 bridgehead atoms. The van der Waals surface area contributed by atoms with Crippen molar-refractivity contribution in [2.75, 3.05) is 34.8 Å². The number of thioether (sulfide) groups is 1. The number of para-hydroxylation sites is 2. The van der Waals surface area contributed by atoms with Crippen LogP contribution in [0.5, 0.6) is 0 Å². The molecule has 0 atom stereocenters. The van der Waals surface area contributed by atoms with Crippen molar-refractivity contribution in [3.05, 3.63) is 78.9 Å². The lowest BCUT2D eigenvalue weighted by Crippen LogP contribution is -2.32. The molecule has 0 aliphatic carbocycles. The fraction of sp³-hybridized carbons (Fsp3) is 0.182. The molecule has 0 radical (unpaired) electrons. The van der Waals surface area contributed by atoms with Crippen molar-refractivity contribution in [3.8, 4) is 11.1 Å². The second-order valence-electron chi connectivity index (χ2n) is 6.18. The number of rotatable bonds is 4. The van der Waals surface area contributed by atoms with Crippen LogP contribution in [0.4, 0.5) is 17.1 Å². The Morgan fingerprint density at radius 2 is 1.32 bits per heavy atom. The summed E-state index contributed by atoms with van der Waals surface area (Å²) in [5, 5.41) is 3.60. The molecule has 0 unspecified atom stereocenters. The van der Waals surface area contributed by atoms with E-state index in [1.165, 1.54) is 34.0 Å². The Morgan fingerprint density at radius 3 is 2.08 bits per heavy atom. The zero-order valence-corrected chi connectivity index (χ0v) is 15.0. The monoisotopic (exact) mass is 346 g/mol. The summed E-state index contributed by atoms with van der Waals surface area (Å²) in [6, 6.07) is 27.8. The van der Waals surface area contributed by atoms with Gasteiger partial charge in [-0.15, -0.1) is 0 Å². The van der Waals surface area contributed by atoms with E-state index in [-0.39, 0.29) is 0 Å². The Hall–Kier alpha value is -2.39. The highest BCUT2D eigenvalue weighted by Gasteiger charge is 2.14. The molecular weight excluding hydrogens is 324 g/mol. The van der Waals surface area contributed by atoms with Crippen LogP contribution in [0.15, 0.2) is 78.9 Å². The predicted molar refractivity (Wildman–Crippen MR) is 111 cm³/mol. The molecule has 1 heterocycles. The first-order valence-electron chi connectivity index (χ1n) is 8.74. The average molecular weight is 346 g/mol. The van der Waals surface area contributed by atoms with Gasteiger partial charge in [-0.25, -0.2) is 0 Å². The van der Waals surface area contributed by atoms with Crippen molar-refractivity contribution in [2.45, 2.75) is 0 Å². The third-order valence-corrected chi connectivity index (χ3v) is 5.47. The maximum atomic E-state index is 3.60. The van der Waals surface area contributed by atoms with E-state index in [1.807, 2.05) is 11.8 Å². The first-order valence-corrected chi connectivity index (χ1v) is 9.90. The van der Waals surface area contributed by atoms with Gasteiger partial charge in [0.2, 0.25) is 0 Å². The SMILES string of the molecule is c1ccc(-c2ccc(Nc3ccccc3N3CCSCC3)cc2)cc1. The molecule has 1 aliphatic heterocycles. The van der Waals surface area contributed by atoms with Crippen LogP contribution >= 0.6 is 11.8 Å². The number of anilines is 3. The van der Waals surface area contributed by atoms with Gasteiger partial charge in [0.25, 0.3) is 0 Å². The van der Waals surface area contributed by atoms with Gasteiger partial charge in [0, 0.05) is 30.3 Å². The molecule has 25 heavy (non-hydrogen) atoms. The molecule has 1 N–H and O–H groups in total. The number of hydrogen-bond donors (Lipinski definition) is 1. The minimum Gasteiger partial charge on any atom is -0.368 e. The summed E-state index contributed by atoms with van der Waals surface area (Å²) in [6.45, 7) is 2.24. The molecule has 1 aliphatic rings. The Balaban J connectivity index is 1.54. The molecule has 1 saturated heterocycles. The van der Waals surface area contributed by atoms with E-state index < -0.39 is 0 Å². The molecule has 3 aromatic rings. The topological polar surface area (TPSA) is 15.3 Å². The van der Waals surface area contributed by atoms with E-state index in [4.69, 9.17) is 0 Å². The van der Waals surface area contributed by atoms with Crippen LogP contribution in [0.2, 0.25) is 0 Å². The maximum absolute atomic E-state index is 3.60. The van der Waals surface area contributed by atoms with Gasteiger partial charge in [-0.1, -0.05) is 54.6 Å². The van der Waals surface area contributed by atoms with Crippen molar-refractivity contribution in [2.24, 2.45) is 0 Å². The molecule has 2 nitrogen and oxygen atoms in total. The summed E-state index contributed by atoms with van der Waals surface area (Å²) in [5.41, 5.74) is 6.10. The van der Waals surface area contributed by atoms with Crippen molar-refractivity contribution in [1.82, 2.24) is 0 Å². The van der Waals surface area contributed by atoms with Crippen molar-refractivity contribution >= 4 is 28.8 Å².